The number of rotatable bonds is 14. The molecule has 253 valence electrons. The fourth-order valence-electron chi connectivity index (χ4n) is 5.69. The van der Waals surface area contributed by atoms with Crippen molar-refractivity contribution in [1.29, 1.82) is 0 Å². The van der Waals surface area contributed by atoms with Gasteiger partial charge in [0.05, 0.1) is 0 Å². The van der Waals surface area contributed by atoms with E-state index in [1.165, 1.54) is 26.4 Å². The second kappa shape index (κ2) is 16.7. The van der Waals surface area contributed by atoms with Gasteiger partial charge >= 0.3 is 15.1 Å². The number of hydrogen-bond acceptors (Lipinski definition) is 6. The maximum Gasteiger partial charge on any atom is 0.407 e. The van der Waals surface area contributed by atoms with Crippen LogP contribution in [-0.4, -0.2) is 75.2 Å². The zero-order valence-electron chi connectivity index (χ0n) is 28.2. The second-order valence-corrected chi connectivity index (χ2v) is 15.4. The van der Waals surface area contributed by atoms with E-state index in [0.29, 0.717) is 31.4 Å². The smallest absolute Gasteiger partial charge is 0.407 e. The van der Waals surface area contributed by atoms with E-state index < -0.39 is 21.2 Å². The SMILES string of the molecule is CC(C)(C)c1ccc([Si](Oc2ccc(OC[C@@H](O)CNCCc3ccc(NC4CCN(C(=O)O)CC4)cc3)cc2)c2ccccc2)cc1. The van der Waals surface area contributed by atoms with Crippen LogP contribution in [0.25, 0.3) is 0 Å². The quantitative estimate of drug-likeness (QED) is 0.107. The fourth-order valence-corrected chi connectivity index (χ4v) is 7.59. The molecule has 1 aliphatic heterocycles. The Morgan fingerprint density at radius 1 is 0.875 bits per heavy atom. The van der Waals surface area contributed by atoms with Gasteiger partial charge in [-0.25, -0.2) is 4.79 Å². The maximum atomic E-state index is 11.1. The van der Waals surface area contributed by atoms with Gasteiger partial charge in [-0.05, 0) is 89.1 Å². The summed E-state index contributed by atoms with van der Waals surface area (Å²) in [6.07, 6.45) is 1.000. The van der Waals surface area contributed by atoms with E-state index in [2.05, 4.69) is 104 Å². The summed E-state index contributed by atoms with van der Waals surface area (Å²) >= 11 is 0. The fraction of sp³-hybridized carbons (Fsp3) is 0.359. The van der Waals surface area contributed by atoms with Gasteiger partial charge in [0.25, 0.3) is 0 Å². The number of benzene rings is 4. The van der Waals surface area contributed by atoms with Crippen LogP contribution in [0.2, 0.25) is 0 Å². The lowest BCUT2D eigenvalue weighted by atomic mass is 9.87. The van der Waals surface area contributed by atoms with Gasteiger partial charge in [0, 0.05) is 31.4 Å². The molecule has 4 N–H and O–H groups in total. The first-order chi connectivity index (χ1) is 23.1. The van der Waals surface area contributed by atoms with Crippen molar-refractivity contribution < 1.29 is 24.2 Å². The monoisotopic (exact) mass is 666 g/mol. The number of aliphatic hydroxyl groups is 1. The third kappa shape index (κ3) is 10.3. The predicted octanol–water partition coefficient (Wildman–Crippen LogP) is 5.30. The van der Waals surface area contributed by atoms with Gasteiger partial charge in [-0.15, -0.1) is 0 Å². The Labute approximate surface area is 286 Å². The minimum Gasteiger partial charge on any atom is -0.533 e. The lowest BCUT2D eigenvalue weighted by Crippen LogP contribution is -2.47. The molecule has 1 aliphatic rings. The molecule has 1 heterocycles. The number of carboxylic acid groups (broad SMARTS) is 1. The Morgan fingerprint density at radius 2 is 1.50 bits per heavy atom. The Balaban J connectivity index is 1.03. The lowest BCUT2D eigenvalue weighted by Gasteiger charge is -2.31. The summed E-state index contributed by atoms with van der Waals surface area (Å²) in [6.45, 7) is 9.18. The molecule has 48 heavy (non-hydrogen) atoms. The molecule has 0 saturated carbocycles. The number of nitrogens with one attached hydrogen (secondary N) is 2. The Kier molecular flexibility index (Phi) is 12.2. The van der Waals surface area contributed by atoms with E-state index in [9.17, 15) is 9.90 Å². The summed E-state index contributed by atoms with van der Waals surface area (Å²) in [6, 6.07) is 35.5. The first-order valence-corrected chi connectivity index (χ1v) is 18.2. The van der Waals surface area contributed by atoms with Crippen LogP contribution in [0, 0.1) is 0 Å². The topological polar surface area (TPSA) is 103 Å². The van der Waals surface area contributed by atoms with Crippen molar-refractivity contribution in [2.75, 3.05) is 38.1 Å². The van der Waals surface area contributed by atoms with Crippen molar-refractivity contribution in [3.63, 3.8) is 0 Å². The molecular formula is C39H48N3O5Si. The summed E-state index contributed by atoms with van der Waals surface area (Å²) in [5.74, 6) is 1.47. The normalized spacial score (nSPS) is 14.5. The number of likely N-dealkylation sites (tertiary alicyclic amines) is 1. The lowest BCUT2D eigenvalue weighted by molar-refractivity contribution is 0.106. The molecule has 1 saturated heterocycles. The predicted molar refractivity (Wildman–Crippen MR) is 194 cm³/mol. The van der Waals surface area contributed by atoms with Gasteiger partial charge < -0.3 is 34.9 Å². The molecule has 1 atom stereocenters. The van der Waals surface area contributed by atoms with Gasteiger partial charge in [-0.2, -0.15) is 0 Å². The van der Waals surface area contributed by atoms with Crippen molar-refractivity contribution >= 4 is 31.2 Å². The largest absolute Gasteiger partial charge is 0.533 e. The van der Waals surface area contributed by atoms with Crippen molar-refractivity contribution in [2.45, 2.75) is 57.6 Å². The third-order valence-corrected chi connectivity index (χ3v) is 10.8. The molecule has 0 aliphatic carbocycles. The molecule has 4 aromatic carbocycles. The van der Waals surface area contributed by atoms with Gasteiger partial charge in [0.15, 0.2) is 0 Å². The molecule has 1 fully saturated rings. The van der Waals surface area contributed by atoms with E-state index in [1.54, 1.807) is 0 Å². The molecule has 1 radical (unpaired) electrons. The Bertz CT molecular complexity index is 1550. The molecule has 0 bridgehead atoms. The van der Waals surface area contributed by atoms with Crippen LogP contribution in [0.3, 0.4) is 0 Å². The standard InChI is InChI=1S/C39H48N3O5Si/c1-39(2,3)30-11-19-37(20-12-30)48(36-7-5-4-6-8-36)47-35-17-15-34(16-18-35)46-28-33(43)27-40-24-21-29-9-13-31(14-10-29)41-32-22-25-42(26-23-32)38(44)45/h4-20,32-33,40-41,43H,21-28H2,1-3H3,(H,44,45)/t33-/m0/s1. The Morgan fingerprint density at radius 3 is 2.12 bits per heavy atom. The number of amides is 1. The molecule has 9 heteroatoms. The highest BCUT2D eigenvalue weighted by molar-refractivity contribution is 6.80. The first kappa shape index (κ1) is 35.0. The summed E-state index contributed by atoms with van der Waals surface area (Å²) in [7, 11) is -1.51. The van der Waals surface area contributed by atoms with Gasteiger partial charge in [0.2, 0.25) is 0 Å². The summed E-state index contributed by atoms with van der Waals surface area (Å²) in [4.78, 5) is 12.6. The number of carbonyl (C=O) groups is 1. The number of aliphatic hydroxyl groups excluding tert-OH is 1. The minimum atomic E-state index is -1.51. The Hall–Kier alpha value is -4.31. The highest BCUT2D eigenvalue weighted by atomic mass is 28.3. The molecule has 1 amide bonds. The molecule has 0 aromatic heterocycles. The van der Waals surface area contributed by atoms with E-state index in [-0.39, 0.29) is 12.0 Å². The van der Waals surface area contributed by atoms with Gasteiger partial charge in [-0.1, -0.05) is 87.5 Å². The number of nitrogens with zero attached hydrogens (tertiary/aromatic N) is 1. The van der Waals surface area contributed by atoms with Crippen molar-refractivity contribution in [1.82, 2.24) is 10.2 Å². The van der Waals surface area contributed by atoms with Gasteiger partial charge in [0.1, 0.15) is 24.2 Å². The minimum absolute atomic E-state index is 0.0944. The highest BCUT2D eigenvalue weighted by Gasteiger charge is 2.24. The maximum absolute atomic E-state index is 11.1. The third-order valence-electron chi connectivity index (χ3n) is 8.60. The average molecular weight is 667 g/mol. The number of piperidine rings is 1. The van der Waals surface area contributed by atoms with Crippen LogP contribution in [-0.2, 0) is 11.8 Å². The van der Waals surface area contributed by atoms with Gasteiger partial charge in [-0.3, -0.25) is 0 Å². The van der Waals surface area contributed by atoms with Crippen LogP contribution >= 0.6 is 0 Å². The molecular weight excluding hydrogens is 619 g/mol. The van der Waals surface area contributed by atoms with Crippen LogP contribution in [0.1, 0.15) is 44.7 Å². The molecule has 0 unspecified atom stereocenters. The van der Waals surface area contributed by atoms with E-state index in [0.717, 1.165) is 37.2 Å². The number of hydrogen-bond donors (Lipinski definition) is 4. The van der Waals surface area contributed by atoms with Crippen LogP contribution in [0.15, 0.2) is 103 Å². The molecule has 4 aromatic rings. The highest BCUT2D eigenvalue weighted by Crippen LogP contribution is 2.22. The van der Waals surface area contributed by atoms with E-state index >= 15 is 0 Å². The van der Waals surface area contributed by atoms with Crippen LogP contribution < -0.4 is 30.2 Å². The van der Waals surface area contributed by atoms with Crippen molar-refractivity contribution in [3.05, 3.63) is 114 Å². The second-order valence-electron chi connectivity index (χ2n) is 13.4. The summed E-state index contributed by atoms with van der Waals surface area (Å²) in [5.41, 5.74) is 3.65. The zero-order valence-corrected chi connectivity index (χ0v) is 29.2. The zero-order chi connectivity index (χ0) is 33.9. The van der Waals surface area contributed by atoms with E-state index in [4.69, 9.17) is 14.3 Å². The van der Waals surface area contributed by atoms with E-state index in [1.807, 2.05) is 30.3 Å². The van der Waals surface area contributed by atoms with Crippen LogP contribution in [0.5, 0.6) is 11.5 Å². The first-order valence-electron chi connectivity index (χ1n) is 16.8. The summed E-state index contributed by atoms with van der Waals surface area (Å²) < 4.78 is 12.5. The molecule has 0 spiro atoms. The van der Waals surface area contributed by atoms with Crippen molar-refractivity contribution in [3.8, 4) is 11.5 Å². The summed E-state index contributed by atoms with van der Waals surface area (Å²) in [5, 5.41) is 28.8. The average Bonchev–Trinajstić information content (AvgIpc) is 3.09. The molecule has 8 nitrogen and oxygen atoms in total. The molecule has 5 rings (SSSR count). The number of anilines is 1. The number of ether oxygens (including phenoxy) is 1. The van der Waals surface area contributed by atoms with Crippen LogP contribution in [0.4, 0.5) is 10.5 Å². The van der Waals surface area contributed by atoms with Crippen molar-refractivity contribution in [2.24, 2.45) is 0 Å².